The number of aromatic carboxylic acids is 1. The summed E-state index contributed by atoms with van der Waals surface area (Å²) in [5.74, 6) is -1.14. The first-order chi connectivity index (χ1) is 8.58. The molecule has 1 atom stereocenters. The lowest BCUT2D eigenvalue weighted by molar-refractivity contribution is -0.130. The lowest BCUT2D eigenvalue weighted by Gasteiger charge is -2.08. The molecule has 1 aromatic heterocycles. The molecule has 1 saturated heterocycles. The smallest absolute Gasteiger partial charge is 0.347 e. The van der Waals surface area contributed by atoms with E-state index in [9.17, 15) is 9.59 Å². The standard InChI is InChI=1S/C11H14N2O4S/c1-6-9(11(15)16)18-8(13-6)5-12-10(14)7-3-2-4-17-7/h7H,2-5H2,1H3,(H,12,14)(H,15,16)/t7-/m1/s1. The molecule has 0 radical (unpaired) electrons. The van der Waals surface area contributed by atoms with E-state index in [1.165, 1.54) is 0 Å². The Kier molecular flexibility index (Phi) is 3.93. The maximum absolute atomic E-state index is 11.7. The third-order valence-corrected chi connectivity index (χ3v) is 3.82. The lowest BCUT2D eigenvalue weighted by atomic mass is 10.2. The zero-order valence-electron chi connectivity index (χ0n) is 9.93. The van der Waals surface area contributed by atoms with Crippen molar-refractivity contribution in [3.63, 3.8) is 0 Å². The summed E-state index contributed by atoms with van der Waals surface area (Å²) in [5.41, 5.74) is 0.480. The number of ether oxygens (including phenoxy) is 1. The highest BCUT2D eigenvalue weighted by atomic mass is 32.1. The number of nitrogens with one attached hydrogen (secondary N) is 1. The van der Waals surface area contributed by atoms with Gasteiger partial charge in [-0.05, 0) is 19.8 Å². The van der Waals surface area contributed by atoms with Gasteiger partial charge in [0, 0.05) is 6.61 Å². The van der Waals surface area contributed by atoms with E-state index < -0.39 is 5.97 Å². The molecule has 18 heavy (non-hydrogen) atoms. The van der Waals surface area contributed by atoms with Crippen molar-refractivity contribution in [1.29, 1.82) is 0 Å². The molecular formula is C11H14N2O4S. The maximum atomic E-state index is 11.7. The van der Waals surface area contributed by atoms with Crippen molar-refractivity contribution in [1.82, 2.24) is 10.3 Å². The van der Waals surface area contributed by atoms with Gasteiger partial charge in [-0.15, -0.1) is 11.3 Å². The number of carbonyl (C=O) groups is 2. The number of aromatic nitrogens is 1. The van der Waals surface area contributed by atoms with Crippen LogP contribution in [-0.4, -0.2) is 34.7 Å². The van der Waals surface area contributed by atoms with Crippen molar-refractivity contribution < 1.29 is 19.4 Å². The van der Waals surface area contributed by atoms with E-state index >= 15 is 0 Å². The first-order valence-corrected chi connectivity index (χ1v) is 6.48. The van der Waals surface area contributed by atoms with Crippen LogP contribution in [0.5, 0.6) is 0 Å². The Balaban J connectivity index is 1.91. The van der Waals surface area contributed by atoms with Crippen molar-refractivity contribution in [3.8, 4) is 0 Å². The molecule has 0 spiro atoms. The molecular weight excluding hydrogens is 256 g/mol. The normalized spacial score (nSPS) is 18.8. The van der Waals surface area contributed by atoms with Gasteiger partial charge < -0.3 is 15.2 Å². The molecule has 2 rings (SSSR count). The van der Waals surface area contributed by atoms with Crippen LogP contribution in [0.2, 0.25) is 0 Å². The Morgan fingerprint density at radius 1 is 1.61 bits per heavy atom. The number of thiazole rings is 1. The average molecular weight is 270 g/mol. The molecule has 1 aliphatic heterocycles. The Bertz CT molecular complexity index is 466. The Morgan fingerprint density at radius 3 is 2.94 bits per heavy atom. The summed E-state index contributed by atoms with van der Waals surface area (Å²) < 4.78 is 5.25. The van der Waals surface area contributed by atoms with Crippen molar-refractivity contribution in [2.75, 3.05) is 6.61 Å². The van der Waals surface area contributed by atoms with E-state index in [2.05, 4.69) is 10.3 Å². The summed E-state index contributed by atoms with van der Waals surface area (Å²) in [4.78, 5) is 26.8. The zero-order valence-corrected chi connectivity index (χ0v) is 10.7. The summed E-state index contributed by atoms with van der Waals surface area (Å²) >= 11 is 1.09. The van der Waals surface area contributed by atoms with Gasteiger partial charge in [-0.25, -0.2) is 9.78 Å². The van der Waals surface area contributed by atoms with E-state index in [-0.39, 0.29) is 23.4 Å². The number of hydrogen-bond donors (Lipinski definition) is 2. The monoisotopic (exact) mass is 270 g/mol. The number of nitrogens with zero attached hydrogens (tertiary/aromatic N) is 1. The van der Waals surface area contributed by atoms with Gasteiger partial charge in [0.25, 0.3) is 0 Å². The second kappa shape index (κ2) is 5.45. The van der Waals surface area contributed by atoms with Crippen LogP contribution in [-0.2, 0) is 16.1 Å². The number of rotatable bonds is 4. The highest BCUT2D eigenvalue weighted by molar-refractivity contribution is 7.13. The van der Waals surface area contributed by atoms with Crippen LogP contribution in [0.1, 0.15) is 33.2 Å². The quantitative estimate of drug-likeness (QED) is 0.850. The molecule has 1 aliphatic rings. The molecule has 2 N–H and O–H groups in total. The summed E-state index contributed by atoms with van der Waals surface area (Å²) in [5, 5.41) is 12.2. The highest BCUT2D eigenvalue weighted by Gasteiger charge is 2.23. The average Bonchev–Trinajstić information content (AvgIpc) is 2.94. The van der Waals surface area contributed by atoms with Crippen molar-refractivity contribution in [3.05, 3.63) is 15.6 Å². The molecule has 1 amide bonds. The minimum atomic E-state index is -0.985. The Labute approximate surface area is 108 Å². The summed E-state index contributed by atoms with van der Waals surface area (Å²) in [7, 11) is 0. The molecule has 2 heterocycles. The van der Waals surface area contributed by atoms with Gasteiger partial charge in [0.2, 0.25) is 5.91 Å². The third-order valence-electron chi connectivity index (χ3n) is 2.67. The van der Waals surface area contributed by atoms with E-state index in [0.29, 0.717) is 17.3 Å². The SMILES string of the molecule is Cc1nc(CNC(=O)[C@H]2CCCO2)sc1C(=O)O. The van der Waals surface area contributed by atoms with E-state index in [4.69, 9.17) is 9.84 Å². The fraction of sp³-hybridized carbons (Fsp3) is 0.545. The Hall–Kier alpha value is -1.47. The molecule has 0 aromatic carbocycles. The first-order valence-electron chi connectivity index (χ1n) is 5.67. The molecule has 0 saturated carbocycles. The highest BCUT2D eigenvalue weighted by Crippen LogP contribution is 2.18. The number of aryl methyl sites for hydroxylation is 1. The maximum Gasteiger partial charge on any atom is 0.347 e. The molecule has 0 bridgehead atoms. The van der Waals surface area contributed by atoms with Crippen molar-refractivity contribution in [2.45, 2.75) is 32.4 Å². The first kappa shape index (κ1) is 13.0. The molecule has 0 unspecified atom stereocenters. The number of carbonyl (C=O) groups excluding carboxylic acids is 1. The fourth-order valence-electron chi connectivity index (χ4n) is 1.79. The molecule has 7 heteroatoms. The van der Waals surface area contributed by atoms with Crippen LogP contribution in [0, 0.1) is 6.92 Å². The molecule has 0 aliphatic carbocycles. The molecule has 1 aromatic rings. The predicted molar refractivity (Wildman–Crippen MR) is 64.6 cm³/mol. The van der Waals surface area contributed by atoms with E-state index in [0.717, 1.165) is 24.2 Å². The molecule has 6 nitrogen and oxygen atoms in total. The van der Waals surface area contributed by atoms with Crippen LogP contribution < -0.4 is 5.32 Å². The minimum absolute atomic E-state index is 0.155. The van der Waals surface area contributed by atoms with Gasteiger partial charge in [-0.3, -0.25) is 4.79 Å². The van der Waals surface area contributed by atoms with Crippen LogP contribution in [0.15, 0.2) is 0 Å². The van der Waals surface area contributed by atoms with Crippen molar-refractivity contribution >= 4 is 23.2 Å². The third kappa shape index (κ3) is 2.85. The number of hydrogen-bond acceptors (Lipinski definition) is 5. The van der Waals surface area contributed by atoms with E-state index in [1.807, 2.05) is 0 Å². The van der Waals surface area contributed by atoms with Gasteiger partial charge in [-0.1, -0.05) is 0 Å². The summed E-state index contributed by atoms with van der Waals surface area (Å²) in [6, 6.07) is 0. The van der Waals surface area contributed by atoms with Crippen LogP contribution in [0.25, 0.3) is 0 Å². The summed E-state index contributed by atoms with van der Waals surface area (Å²) in [6.07, 6.45) is 1.27. The predicted octanol–water partition coefficient (Wildman–Crippen LogP) is 0.945. The van der Waals surface area contributed by atoms with Gasteiger partial charge in [0.1, 0.15) is 16.0 Å². The second-order valence-electron chi connectivity index (χ2n) is 4.05. The Morgan fingerprint density at radius 2 is 2.39 bits per heavy atom. The minimum Gasteiger partial charge on any atom is -0.477 e. The number of carboxylic acids is 1. The second-order valence-corrected chi connectivity index (χ2v) is 5.13. The van der Waals surface area contributed by atoms with Gasteiger partial charge in [0.05, 0.1) is 12.2 Å². The van der Waals surface area contributed by atoms with E-state index in [1.54, 1.807) is 6.92 Å². The number of carboxylic acid groups (broad SMARTS) is 1. The summed E-state index contributed by atoms with van der Waals surface area (Å²) in [6.45, 7) is 2.51. The van der Waals surface area contributed by atoms with Gasteiger partial charge in [-0.2, -0.15) is 0 Å². The van der Waals surface area contributed by atoms with Crippen LogP contribution in [0.3, 0.4) is 0 Å². The largest absolute Gasteiger partial charge is 0.477 e. The lowest BCUT2D eigenvalue weighted by Crippen LogP contribution is -2.33. The van der Waals surface area contributed by atoms with Crippen molar-refractivity contribution in [2.24, 2.45) is 0 Å². The number of amides is 1. The van der Waals surface area contributed by atoms with Crippen LogP contribution >= 0.6 is 11.3 Å². The zero-order chi connectivity index (χ0) is 13.1. The topological polar surface area (TPSA) is 88.5 Å². The van der Waals surface area contributed by atoms with Gasteiger partial charge >= 0.3 is 5.97 Å². The molecule has 1 fully saturated rings. The van der Waals surface area contributed by atoms with Gasteiger partial charge in [0.15, 0.2) is 0 Å². The molecule has 98 valence electrons. The van der Waals surface area contributed by atoms with Crippen LogP contribution in [0.4, 0.5) is 0 Å². The fourth-order valence-corrected chi connectivity index (χ4v) is 2.63.